The molecule has 2 aromatic heterocycles. The van der Waals surface area contributed by atoms with Gasteiger partial charge in [0.25, 0.3) is 6.01 Å². The third-order valence-corrected chi connectivity index (χ3v) is 4.25. The molecule has 0 spiro atoms. The molecule has 0 aliphatic carbocycles. The Morgan fingerprint density at radius 3 is 2.95 bits per heavy atom. The minimum atomic E-state index is 0.446. The summed E-state index contributed by atoms with van der Waals surface area (Å²) in [6, 6.07) is 3.22. The first-order valence-electron chi connectivity index (χ1n) is 6.16. The molecular formula is C13H18BrN3OS. The Morgan fingerprint density at radius 1 is 1.53 bits per heavy atom. The summed E-state index contributed by atoms with van der Waals surface area (Å²) in [5.41, 5.74) is 0.933. The van der Waals surface area contributed by atoms with Gasteiger partial charge in [-0.1, -0.05) is 13.8 Å². The maximum absolute atomic E-state index is 5.51. The smallest absolute Gasteiger partial charge is 0.297 e. The zero-order valence-electron chi connectivity index (χ0n) is 11.3. The van der Waals surface area contributed by atoms with Crippen LogP contribution in [0.5, 0.6) is 0 Å². The molecule has 19 heavy (non-hydrogen) atoms. The lowest BCUT2D eigenvalue weighted by Crippen LogP contribution is -2.22. The molecule has 2 aromatic rings. The zero-order chi connectivity index (χ0) is 13.8. The van der Waals surface area contributed by atoms with Crippen molar-refractivity contribution in [3.8, 4) is 0 Å². The number of oxazole rings is 1. The molecule has 0 unspecified atom stereocenters. The van der Waals surface area contributed by atoms with E-state index in [0.717, 1.165) is 23.3 Å². The zero-order valence-corrected chi connectivity index (χ0v) is 13.7. The van der Waals surface area contributed by atoms with E-state index < -0.39 is 0 Å². The number of nitrogens with zero attached hydrogens (tertiary/aromatic N) is 2. The number of halogens is 1. The third kappa shape index (κ3) is 4.33. The lowest BCUT2D eigenvalue weighted by atomic mass is 10.4. The van der Waals surface area contributed by atoms with Crippen LogP contribution in [0.3, 0.4) is 0 Å². The second-order valence-electron chi connectivity index (χ2n) is 4.74. The average molecular weight is 344 g/mol. The maximum Gasteiger partial charge on any atom is 0.297 e. The number of hydrogen-bond donors (Lipinski definition) is 1. The Morgan fingerprint density at radius 2 is 2.32 bits per heavy atom. The van der Waals surface area contributed by atoms with Crippen LogP contribution in [0.25, 0.3) is 0 Å². The quantitative estimate of drug-likeness (QED) is 0.869. The van der Waals surface area contributed by atoms with Crippen molar-refractivity contribution >= 4 is 33.3 Å². The summed E-state index contributed by atoms with van der Waals surface area (Å²) in [7, 11) is 1.99. The molecular weight excluding hydrogens is 326 g/mol. The Kier molecular flexibility index (Phi) is 5.01. The van der Waals surface area contributed by atoms with E-state index in [1.807, 2.05) is 11.9 Å². The van der Waals surface area contributed by atoms with Crippen LogP contribution in [0.2, 0.25) is 0 Å². The van der Waals surface area contributed by atoms with Crippen LogP contribution in [0.1, 0.15) is 24.4 Å². The fraction of sp³-hybridized carbons (Fsp3) is 0.462. The monoisotopic (exact) mass is 343 g/mol. The summed E-state index contributed by atoms with van der Waals surface area (Å²) < 4.78 is 6.63. The number of hydrogen-bond acceptors (Lipinski definition) is 5. The minimum Gasteiger partial charge on any atom is -0.432 e. The predicted molar refractivity (Wildman–Crippen MR) is 82.6 cm³/mol. The summed E-state index contributed by atoms with van der Waals surface area (Å²) in [4.78, 5) is 7.76. The third-order valence-electron chi connectivity index (χ3n) is 2.57. The van der Waals surface area contributed by atoms with Gasteiger partial charge in [-0.2, -0.15) is 4.98 Å². The van der Waals surface area contributed by atoms with Crippen molar-refractivity contribution < 1.29 is 4.42 Å². The van der Waals surface area contributed by atoms with Gasteiger partial charge in [-0.05, 0) is 22.0 Å². The van der Waals surface area contributed by atoms with Gasteiger partial charge in [0, 0.05) is 34.4 Å². The highest BCUT2D eigenvalue weighted by molar-refractivity contribution is 9.10. The molecule has 0 aromatic carbocycles. The molecule has 1 N–H and O–H groups in total. The predicted octanol–water partition coefficient (Wildman–Crippen LogP) is 3.63. The molecule has 0 aliphatic heterocycles. The van der Waals surface area contributed by atoms with Gasteiger partial charge in [0.05, 0.1) is 12.2 Å². The SMILES string of the molecule is CC(C)NCc1coc(N(C)Cc2cc(Br)cs2)n1. The number of rotatable bonds is 6. The first-order chi connectivity index (χ1) is 9.04. The topological polar surface area (TPSA) is 41.3 Å². The lowest BCUT2D eigenvalue weighted by Gasteiger charge is -2.12. The van der Waals surface area contributed by atoms with Crippen LogP contribution >= 0.6 is 27.3 Å². The summed E-state index contributed by atoms with van der Waals surface area (Å²) in [5, 5.41) is 5.40. The Bertz CT molecular complexity index is 523. The van der Waals surface area contributed by atoms with E-state index in [0.29, 0.717) is 12.1 Å². The molecule has 0 bridgehead atoms. The van der Waals surface area contributed by atoms with Crippen LogP contribution in [0.4, 0.5) is 6.01 Å². The van der Waals surface area contributed by atoms with Crippen LogP contribution in [-0.4, -0.2) is 18.1 Å². The highest BCUT2D eigenvalue weighted by Crippen LogP contribution is 2.22. The molecule has 0 atom stereocenters. The fourth-order valence-corrected chi connectivity index (χ4v) is 3.10. The number of nitrogens with one attached hydrogen (secondary N) is 1. The minimum absolute atomic E-state index is 0.446. The number of anilines is 1. The van der Waals surface area contributed by atoms with Crippen molar-refractivity contribution in [1.82, 2.24) is 10.3 Å². The molecule has 0 aliphatic rings. The van der Waals surface area contributed by atoms with Gasteiger partial charge >= 0.3 is 0 Å². The van der Waals surface area contributed by atoms with E-state index in [4.69, 9.17) is 4.42 Å². The fourth-order valence-electron chi connectivity index (χ4n) is 1.60. The van der Waals surface area contributed by atoms with Crippen LogP contribution in [0, 0.1) is 0 Å². The van der Waals surface area contributed by atoms with Crippen molar-refractivity contribution in [3.05, 3.63) is 32.8 Å². The standard InChI is InChI=1S/C13H18BrN3OS/c1-9(2)15-5-11-7-18-13(16-11)17(3)6-12-4-10(14)8-19-12/h4,7-9,15H,5-6H2,1-3H3. The molecule has 2 rings (SSSR count). The van der Waals surface area contributed by atoms with Crippen molar-refractivity contribution in [2.75, 3.05) is 11.9 Å². The average Bonchev–Trinajstić information content (AvgIpc) is 2.95. The van der Waals surface area contributed by atoms with E-state index >= 15 is 0 Å². The van der Waals surface area contributed by atoms with Crippen molar-refractivity contribution in [2.24, 2.45) is 0 Å². The maximum atomic E-state index is 5.51. The van der Waals surface area contributed by atoms with Gasteiger partial charge in [0.1, 0.15) is 6.26 Å². The summed E-state index contributed by atoms with van der Waals surface area (Å²) >= 11 is 5.18. The summed E-state index contributed by atoms with van der Waals surface area (Å²) in [6.07, 6.45) is 1.71. The summed E-state index contributed by atoms with van der Waals surface area (Å²) in [6.45, 7) is 5.76. The Labute approximate surface area is 126 Å². The Balaban J connectivity index is 1.94. The molecule has 6 heteroatoms. The first kappa shape index (κ1) is 14.6. The molecule has 2 heterocycles. The molecule has 4 nitrogen and oxygen atoms in total. The lowest BCUT2D eigenvalue weighted by molar-refractivity contribution is 0.540. The van der Waals surface area contributed by atoms with Crippen LogP contribution < -0.4 is 10.2 Å². The molecule has 0 saturated carbocycles. The molecule has 0 amide bonds. The number of aromatic nitrogens is 1. The van der Waals surface area contributed by atoms with Gasteiger partial charge < -0.3 is 14.6 Å². The van der Waals surface area contributed by atoms with Crippen LogP contribution in [-0.2, 0) is 13.1 Å². The molecule has 0 radical (unpaired) electrons. The van der Waals surface area contributed by atoms with Gasteiger partial charge in [-0.25, -0.2) is 0 Å². The van der Waals surface area contributed by atoms with Gasteiger partial charge in [0.15, 0.2) is 0 Å². The molecule has 0 fully saturated rings. The highest BCUT2D eigenvalue weighted by Gasteiger charge is 2.10. The molecule has 104 valence electrons. The normalized spacial score (nSPS) is 11.2. The number of thiophene rings is 1. The highest BCUT2D eigenvalue weighted by atomic mass is 79.9. The van der Waals surface area contributed by atoms with Crippen LogP contribution in [0.15, 0.2) is 26.6 Å². The van der Waals surface area contributed by atoms with Gasteiger partial charge in [0.2, 0.25) is 0 Å². The second-order valence-corrected chi connectivity index (χ2v) is 6.66. The van der Waals surface area contributed by atoms with Gasteiger partial charge in [-0.15, -0.1) is 11.3 Å². The molecule has 0 saturated heterocycles. The van der Waals surface area contributed by atoms with Crippen molar-refractivity contribution in [1.29, 1.82) is 0 Å². The van der Waals surface area contributed by atoms with Gasteiger partial charge in [-0.3, -0.25) is 0 Å². The summed E-state index contributed by atoms with van der Waals surface area (Å²) in [5.74, 6) is 0. The van der Waals surface area contributed by atoms with E-state index in [-0.39, 0.29) is 0 Å². The van der Waals surface area contributed by atoms with E-state index in [1.165, 1.54) is 4.88 Å². The van der Waals surface area contributed by atoms with Crippen molar-refractivity contribution in [3.63, 3.8) is 0 Å². The van der Waals surface area contributed by atoms with E-state index in [9.17, 15) is 0 Å². The second kappa shape index (κ2) is 6.54. The van der Waals surface area contributed by atoms with Crippen molar-refractivity contribution in [2.45, 2.75) is 33.0 Å². The van der Waals surface area contributed by atoms with E-state index in [1.54, 1.807) is 17.6 Å². The van der Waals surface area contributed by atoms with E-state index in [2.05, 4.69) is 51.5 Å². The first-order valence-corrected chi connectivity index (χ1v) is 7.83. The largest absolute Gasteiger partial charge is 0.432 e. The Hall–Kier alpha value is -0.850.